The summed E-state index contributed by atoms with van der Waals surface area (Å²) < 4.78 is 22.8. The molecule has 1 heterocycles. The van der Waals surface area contributed by atoms with Crippen LogP contribution in [-0.4, -0.2) is 22.8 Å². The Morgan fingerprint density at radius 3 is 2.72 bits per heavy atom. The zero-order valence-electron chi connectivity index (χ0n) is 9.42. The van der Waals surface area contributed by atoms with E-state index in [4.69, 9.17) is 9.47 Å². The van der Waals surface area contributed by atoms with Gasteiger partial charge < -0.3 is 9.47 Å². The zero-order valence-corrected chi connectivity index (χ0v) is 10.2. The second kappa shape index (κ2) is 5.54. The van der Waals surface area contributed by atoms with Gasteiger partial charge in [0.2, 0.25) is 5.01 Å². The molecule has 7 heteroatoms. The van der Waals surface area contributed by atoms with Crippen LogP contribution < -0.4 is 4.74 Å². The van der Waals surface area contributed by atoms with E-state index in [0.29, 0.717) is 5.75 Å². The van der Waals surface area contributed by atoms with Crippen molar-refractivity contribution in [2.75, 3.05) is 6.61 Å². The number of nitrogens with zero attached hydrogens (tertiary/aromatic N) is 2. The maximum Gasteiger partial charge on any atom is 0.369 e. The molecule has 0 aliphatic heterocycles. The largest absolute Gasteiger partial charge is 0.461 e. The SMILES string of the molecule is CCOC(=O)c1nnc(Oc2ccc(F)cc2)s1. The van der Waals surface area contributed by atoms with Crippen molar-refractivity contribution in [1.29, 1.82) is 0 Å². The Morgan fingerprint density at radius 2 is 2.06 bits per heavy atom. The number of hydrogen-bond acceptors (Lipinski definition) is 6. The number of halogens is 1. The van der Waals surface area contributed by atoms with Crippen molar-refractivity contribution in [3.8, 4) is 10.9 Å². The number of aromatic nitrogens is 2. The van der Waals surface area contributed by atoms with E-state index >= 15 is 0 Å². The van der Waals surface area contributed by atoms with Crippen molar-refractivity contribution in [2.24, 2.45) is 0 Å². The predicted octanol–water partition coefficient (Wildman–Crippen LogP) is 2.65. The van der Waals surface area contributed by atoms with Gasteiger partial charge in [-0.1, -0.05) is 5.10 Å². The molecular weight excluding hydrogens is 259 g/mol. The molecule has 0 spiro atoms. The standard InChI is InChI=1S/C11H9FN2O3S/c1-2-16-10(15)9-13-14-11(18-9)17-8-5-3-7(12)4-6-8/h3-6H,2H2,1H3. The molecule has 0 fully saturated rings. The van der Waals surface area contributed by atoms with Crippen LogP contribution in [0.3, 0.4) is 0 Å². The van der Waals surface area contributed by atoms with Crippen molar-refractivity contribution in [1.82, 2.24) is 10.2 Å². The number of benzene rings is 1. The maximum absolute atomic E-state index is 12.7. The van der Waals surface area contributed by atoms with E-state index in [0.717, 1.165) is 11.3 Å². The van der Waals surface area contributed by atoms with Crippen molar-refractivity contribution >= 4 is 17.3 Å². The van der Waals surface area contributed by atoms with Crippen LogP contribution >= 0.6 is 11.3 Å². The third-order valence-corrected chi connectivity index (χ3v) is 2.66. The van der Waals surface area contributed by atoms with Gasteiger partial charge in [-0.3, -0.25) is 0 Å². The van der Waals surface area contributed by atoms with Crippen molar-refractivity contribution in [2.45, 2.75) is 6.92 Å². The highest BCUT2D eigenvalue weighted by Gasteiger charge is 2.14. The molecule has 2 aromatic rings. The number of esters is 1. The molecule has 18 heavy (non-hydrogen) atoms. The van der Waals surface area contributed by atoms with Gasteiger partial charge in [-0.15, -0.1) is 5.10 Å². The molecular formula is C11H9FN2O3S. The Hall–Kier alpha value is -2.02. The highest BCUT2D eigenvalue weighted by atomic mass is 32.1. The van der Waals surface area contributed by atoms with Crippen LogP contribution in [-0.2, 0) is 4.74 Å². The molecule has 0 saturated heterocycles. The van der Waals surface area contributed by atoms with Gasteiger partial charge >= 0.3 is 5.97 Å². The van der Waals surface area contributed by atoms with E-state index in [-0.39, 0.29) is 22.6 Å². The number of rotatable bonds is 4. The van der Waals surface area contributed by atoms with E-state index in [1.165, 1.54) is 24.3 Å². The van der Waals surface area contributed by atoms with Gasteiger partial charge in [0.15, 0.2) is 0 Å². The quantitative estimate of drug-likeness (QED) is 0.798. The van der Waals surface area contributed by atoms with E-state index < -0.39 is 5.97 Å². The summed E-state index contributed by atoms with van der Waals surface area (Å²) in [6.07, 6.45) is 0. The summed E-state index contributed by atoms with van der Waals surface area (Å²) in [7, 11) is 0. The highest BCUT2D eigenvalue weighted by Crippen LogP contribution is 2.25. The van der Waals surface area contributed by atoms with Crippen molar-refractivity contribution < 1.29 is 18.7 Å². The Balaban J connectivity index is 2.06. The summed E-state index contributed by atoms with van der Waals surface area (Å²) in [4.78, 5) is 11.3. The van der Waals surface area contributed by atoms with E-state index in [9.17, 15) is 9.18 Å². The molecule has 0 bridgehead atoms. The minimum Gasteiger partial charge on any atom is -0.461 e. The Bertz CT molecular complexity index is 541. The van der Waals surface area contributed by atoms with Crippen LogP contribution in [0, 0.1) is 5.82 Å². The van der Waals surface area contributed by atoms with E-state index in [2.05, 4.69) is 10.2 Å². The molecule has 0 unspecified atom stereocenters. The molecule has 0 aliphatic rings. The molecule has 0 atom stereocenters. The lowest BCUT2D eigenvalue weighted by Crippen LogP contribution is -2.03. The summed E-state index contributed by atoms with van der Waals surface area (Å²) in [6, 6.07) is 5.45. The third kappa shape index (κ3) is 3.01. The minimum atomic E-state index is -0.538. The van der Waals surface area contributed by atoms with Gasteiger partial charge in [-0.05, 0) is 42.5 Å². The fourth-order valence-electron chi connectivity index (χ4n) is 1.13. The lowest BCUT2D eigenvalue weighted by Gasteiger charge is -1.99. The van der Waals surface area contributed by atoms with Gasteiger partial charge in [0.05, 0.1) is 6.61 Å². The average molecular weight is 268 g/mol. The van der Waals surface area contributed by atoms with E-state index in [1.807, 2.05) is 0 Å². The third-order valence-electron chi connectivity index (χ3n) is 1.88. The summed E-state index contributed by atoms with van der Waals surface area (Å²) in [5, 5.41) is 7.65. The summed E-state index contributed by atoms with van der Waals surface area (Å²) in [6.45, 7) is 1.97. The zero-order chi connectivity index (χ0) is 13.0. The Kier molecular flexibility index (Phi) is 3.83. The number of ether oxygens (including phenoxy) is 2. The second-order valence-electron chi connectivity index (χ2n) is 3.15. The van der Waals surface area contributed by atoms with Crippen molar-refractivity contribution in [3.05, 3.63) is 35.1 Å². The van der Waals surface area contributed by atoms with Gasteiger partial charge in [0, 0.05) is 0 Å². The van der Waals surface area contributed by atoms with Crippen LogP contribution in [0.25, 0.3) is 0 Å². The molecule has 94 valence electrons. The van der Waals surface area contributed by atoms with Crippen LogP contribution in [0.15, 0.2) is 24.3 Å². The predicted molar refractivity (Wildman–Crippen MR) is 62.3 cm³/mol. The van der Waals surface area contributed by atoms with Gasteiger partial charge in [0.1, 0.15) is 11.6 Å². The molecule has 5 nitrogen and oxygen atoms in total. The highest BCUT2D eigenvalue weighted by molar-refractivity contribution is 7.14. The molecule has 2 rings (SSSR count). The molecule has 1 aromatic heterocycles. The van der Waals surface area contributed by atoms with Gasteiger partial charge in [-0.2, -0.15) is 0 Å². The molecule has 0 aliphatic carbocycles. The Morgan fingerprint density at radius 1 is 1.33 bits per heavy atom. The number of carbonyl (C=O) groups excluding carboxylic acids is 1. The first-order chi connectivity index (χ1) is 8.69. The van der Waals surface area contributed by atoms with E-state index in [1.54, 1.807) is 6.92 Å². The van der Waals surface area contributed by atoms with Crippen LogP contribution in [0.1, 0.15) is 16.7 Å². The van der Waals surface area contributed by atoms with Crippen LogP contribution in [0.4, 0.5) is 4.39 Å². The van der Waals surface area contributed by atoms with Crippen LogP contribution in [0.2, 0.25) is 0 Å². The van der Waals surface area contributed by atoms with Crippen LogP contribution in [0.5, 0.6) is 10.9 Å². The lowest BCUT2D eigenvalue weighted by atomic mass is 10.3. The minimum absolute atomic E-state index is 0.119. The monoisotopic (exact) mass is 268 g/mol. The fraction of sp³-hybridized carbons (Fsp3) is 0.182. The number of carbonyl (C=O) groups is 1. The normalized spacial score (nSPS) is 10.1. The average Bonchev–Trinajstić information content (AvgIpc) is 2.81. The van der Waals surface area contributed by atoms with Gasteiger partial charge in [0.25, 0.3) is 5.19 Å². The molecule has 1 aromatic carbocycles. The topological polar surface area (TPSA) is 61.3 Å². The first kappa shape index (κ1) is 12.4. The first-order valence-electron chi connectivity index (χ1n) is 5.13. The second-order valence-corrected chi connectivity index (χ2v) is 4.09. The number of hydrogen-bond donors (Lipinski definition) is 0. The summed E-state index contributed by atoms with van der Waals surface area (Å²) >= 11 is 0.967. The smallest absolute Gasteiger partial charge is 0.369 e. The summed E-state index contributed by atoms with van der Waals surface area (Å²) in [5.41, 5.74) is 0. The molecule has 0 radical (unpaired) electrons. The summed E-state index contributed by atoms with van der Waals surface area (Å²) in [5.74, 6) is -0.473. The molecule has 0 N–H and O–H groups in total. The fourth-order valence-corrected chi connectivity index (χ4v) is 1.74. The van der Waals surface area contributed by atoms with Gasteiger partial charge in [-0.25, -0.2) is 9.18 Å². The lowest BCUT2D eigenvalue weighted by molar-refractivity contribution is 0.0525. The first-order valence-corrected chi connectivity index (χ1v) is 5.94. The van der Waals surface area contributed by atoms with Crippen molar-refractivity contribution in [3.63, 3.8) is 0 Å². The molecule has 0 amide bonds. The molecule has 0 saturated carbocycles. The Labute approximate surface area is 106 Å². The maximum atomic E-state index is 12.7.